The summed E-state index contributed by atoms with van der Waals surface area (Å²) in [4.78, 5) is 18.0. The summed E-state index contributed by atoms with van der Waals surface area (Å²) in [6, 6.07) is 14.4. The van der Waals surface area contributed by atoms with Gasteiger partial charge in [-0.05, 0) is 92.3 Å². The first kappa shape index (κ1) is 24.9. The molecule has 35 heavy (non-hydrogen) atoms. The number of benzene rings is 2. The highest BCUT2D eigenvalue weighted by Gasteiger charge is 2.49. The second-order valence-electron chi connectivity index (χ2n) is 10.9. The Labute approximate surface area is 219 Å². The highest BCUT2D eigenvalue weighted by Crippen LogP contribution is 2.51. The van der Waals surface area contributed by atoms with E-state index in [-0.39, 0.29) is 17.4 Å². The fourth-order valence-electron chi connectivity index (χ4n) is 6.44. The maximum Gasteiger partial charge on any atom is 0.226 e. The molecule has 2 aromatic carbocycles. The summed E-state index contributed by atoms with van der Waals surface area (Å²) < 4.78 is 5.61. The van der Waals surface area contributed by atoms with Crippen molar-refractivity contribution in [3.05, 3.63) is 63.6 Å². The maximum atomic E-state index is 13.3. The minimum atomic E-state index is 0.0790. The molecule has 1 saturated heterocycles. The van der Waals surface area contributed by atoms with E-state index in [2.05, 4.69) is 23.1 Å². The molecule has 0 N–H and O–H groups in total. The summed E-state index contributed by atoms with van der Waals surface area (Å²) in [6.45, 7) is 3.56. The van der Waals surface area contributed by atoms with Gasteiger partial charge in [0.2, 0.25) is 5.91 Å². The van der Waals surface area contributed by atoms with Crippen LogP contribution < -0.4 is 4.74 Å². The molecule has 1 heterocycles. The third-order valence-electron chi connectivity index (χ3n) is 8.72. The zero-order valence-electron chi connectivity index (χ0n) is 20.8. The van der Waals surface area contributed by atoms with Crippen LogP contribution in [0.3, 0.4) is 0 Å². The molecular weight excluding hydrogens is 479 g/mol. The van der Waals surface area contributed by atoms with E-state index < -0.39 is 0 Å². The van der Waals surface area contributed by atoms with Gasteiger partial charge in [0.1, 0.15) is 5.75 Å². The number of halogens is 2. The molecule has 0 aromatic heterocycles. The van der Waals surface area contributed by atoms with E-state index in [1.165, 1.54) is 31.5 Å². The molecular formula is C29H36Cl2N2O2. The minimum absolute atomic E-state index is 0.0790. The van der Waals surface area contributed by atoms with E-state index in [9.17, 15) is 4.79 Å². The number of ether oxygens (including phenoxy) is 1. The molecule has 3 atom stereocenters. The lowest BCUT2D eigenvalue weighted by molar-refractivity contribution is -0.133. The smallest absolute Gasteiger partial charge is 0.226 e. The number of hydrogen-bond acceptors (Lipinski definition) is 3. The second kappa shape index (κ2) is 10.3. The zero-order chi connectivity index (χ0) is 24.6. The Morgan fingerprint density at radius 2 is 1.94 bits per heavy atom. The van der Waals surface area contributed by atoms with Gasteiger partial charge in [0.15, 0.2) is 0 Å². The van der Waals surface area contributed by atoms with Crippen molar-refractivity contribution in [2.45, 2.75) is 56.4 Å². The van der Waals surface area contributed by atoms with Gasteiger partial charge in [0.05, 0.1) is 23.6 Å². The molecule has 0 radical (unpaired) electrons. The van der Waals surface area contributed by atoms with Crippen LogP contribution in [0, 0.1) is 11.8 Å². The van der Waals surface area contributed by atoms with Gasteiger partial charge in [0, 0.05) is 31.6 Å². The van der Waals surface area contributed by atoms with Gasteiger partial charge in [-0.3, -0.25) is 4.79 Å². The van der Waals surface area contributed by atoms with Gasteiger partial charge < -0.3 is 14.5 Å². The molecule has 188 valence electrons. The van der Waals surface area contributed by atoms with Gasteiger partial charge in [-0.2, -0.15) is 0 Å². The highest BCUT2D eigenvalue weighted by atomic mass is 35.5. The fourth-order valence-corrected chi connectivity index (χ4v) is 6.76. The van der Waals surface area contributed by atoms with Crippen LogP contribution in [0.25, 0.3) is 0 Å². The molecule has 3 fully saturated rings. The van der Waals surface area contributed by atoms with Crippen molar-refractivity contribution in [2.24, 2.45) is 11.8 Å². The Morgan fingerprint density at radius 1 is 1.11 bits per heavy atom. The number of carbonyl (C=O) groups is 1. The van der Waals surface area contributed by atoms with E-state index in [0.717, 1.165) is 49.5 Å². The molecule has 1 aliphatic heterocycles. The van der Waals surface area contributed by atoms with E-state index in [1.807, 2.05) is 24.1 Å². The van der Waals surface area contributed by atoms with Crippen LogP contribution in [0.4, 0.5) is 0 Å². The predicted octanol–water partition coefficient (Wildman–Crippen LogP) is 6.23. The normalized spacial score (nSPS) is 26.7. The average molecular weight is 516 g/mol. The third-order valence-corrected chi connectivity index (χ3v) is 9.46. The SMILES string of the molecule is COc1cccc(C23CCN(CC4CC4)CC2CCC(N(C)C(=O)Cc2ccc(Cl)c(Cl)c2)C3)c1. The molecule has 2 saturated carbocycles. The van der Waals surface area contributed by atoms with Crippen molar-refractivity contribution in [3.8, 4) is 5.75 Å². The lowest BCUT2D eigenvalue weighted by atomic mass is 9.57. The maximum absolute atomic E-state index is 13.3. The van der Waals surface area contributed by atoms with Crippen molar-refractivity contribution in [1.29, 1.82) is 0 Å². The Kier molecular flexibility index (Phi) is 7.35. The van der Waals surface area contributed by atoms with E-state index in [1.54, 1.807) is 19.2 Å². The molecule has 2 aliphatic carbocycles. The quantitative estimate of drug-likeness (QED) is 0.439. The highest BCUT2D eigenvalue weighted by molar-refractivity contribution is 6.42. The summed E-state index contributed by atoms with van der Waals surface area (Å²) in [7, 11) is 3.72. The summed E-state index contributed by atoms with van der Waals surface area (Å²) in [5, 5.41) is 1.01. The number of piperidine rings is 1. The Balaban J connectivity index is 1.36. The van der Waals surface area contributed by atoms with Crippen LogP contribution in [0.2, 0.25) is 10.0 Å². The number of likely N-dealkylation sites (N-methyl/N-ethyl adjacent to an activating group) is 1. The Hall–Kier alpha value is -1.75. The Bertz CT molecular complexity index is 1070. The minimum Gasteiger partial charge on any atom is -0.497 e. The average Bonchev–Trinajstić information content (AvgIpc) is 3.69. The fraction of sp³-hybridized carbons (Fsp3) is 0.552. The lowest BCUT2D eigenvalue weighted by Gasteiger charge is -2.54. The molecule has 1 amide bonds. The number of amides is 1. The standard InChI is InChI=1S/C29H36Cl2N2O2/c1-32(28(34)15-21-8-11-26(30)27(31)14-21)24-10-9-23-19-33(18-20-6-7-20)13-12-29(23,17-24)22-4-3-5-25(16-22)35-2/h3-5,8,11,14,16,20,23-24H,6-7,9-10,12-13,15,17-19H2,1-2H3. The lowest BCUT2D eigenvalue weighted by Crippen LogP contribution is -2.56. The summed E-state index contributed by atoms with van der Waals surface area (Å²) in [5.41, 5.74) is 2.36. The number of fused-ring (bicyclic) bond motifs is 1. The number of rotatable bonds is 7. The third kappa shape index (κ3) is 5.35. The molecule has 2 aromatic rings. The number of nitrogens with zero attached hydrogens (tertiary/aromatic N) is 2. The number of hydrogen-bond donors (Lipinski definition) is 0. The van der Waals surface area contributed by atoms with Gasteiger partial charge in [-0.15, -0.1) is 0 Å². The van der Waals surface area contributed by atoms with Crippen molar-refractivity contribution in [3.63, 3.8) is 0 Å². The van der Waals surface area contributed by atoms with Gasteiger partial charge in [-0.1, -0.05) is 41.4 Å². The van der Waals surface area contributed by atoms with Crippen LogP contribution in [-0.4, -0.2) is 55.5 Å². The molecule has 4 nitrogen and oxygen atoms in total. The van der Waals surface area contributed by atoms with E-state index in [0.29, 0.717) is 22.4 Å². The predicted molar refractivity (Wildman–Crippen MR) is 143 cm³/mol. The van der Waals surface area contributed by atoms with Crippen LogP contribution in [0.5, 0.6) is 5.75 Å². The van der Waals surface area contributed by atoms with Crippen LogP contribution in [-0.2, 0) is 16.6 Å². The molecule has 3 aliphatic rings. The van der Waals surface area contributed by atoms with Crippen molar-refractivity contribution in [1.82, 2.24) is 9.80 Å². The first-order valence-electron chi connectivity index (χ1n) is 12.9. The summed E-state index contributed by atoms with van der Waals surface area (Å²) >= 11 is 12.3. The largest absolute Gasteiger partial charge is 0.497 e. The van der Waals surface area contributed by atoms with Gasteiger partial charge in [-0.25, -0.2) is 0 Å². The van der Waals surface area contributed by atoms with Crippen molar-refractivity contribution < 1.29 is 9.53 Å². The van der Waals surface area contributed by atoms with Crippen LogP contribution in [0.1, 0.15) is 49.7 Å². The summed E-state index contributed by atoms with van der Waals surface area (Å²) in [6.07, 6.45) is 7.49. The molecule has 0 bridgehead atoms. The number of carbonyl (C=O) groups excluding carboxylic acids is 1. The van der Waals surface area contributed by atoms with Crippen molar-refractivity contribution >= 4 is 29.1 Å². The van der Waals surface area contributed by atoms with Crippen LogP contribution in [0.15, 0.2) is 42.5 Å². The summed E-state index contributed by atoms with van der Waals surface area (Å²) in [5.74, 6) is 2.58. The van der Waals surface area contributed by atoms with Gasteiger partial charge >= 0.3 is 0 Å². The molecule has 6 heteroatoms. The van der Waals surface area contributed by atoms with E-state index >= 15 is 0 Å². The number of likely N-dealkylation sites (tertiary alicyclic amines) is 1. The molecule has 5 rings (SSSR count). The molecule has 3 unspecified atom stereocenters. The topological polar surface area (TPSA) is 32.8 Å². The second-order valence-corrected chi connectivity index (χ2v) is 11.7. The molecule has 0 spiro atoms. The first-order valence-corrected chi connectivity index (χ1v) is 13.7. The first-order chi connectivity index (χ1) is 16.9. The van der Waals surface area contributed by atoms with E-state index in [4.69, 9.17) is 27.9 Å². The van der Waals surface area contributed by atoms with Crippen LogP contribution >= 0.6 is 23.2 Å². The monoisotopic (exact) mass is 514 g/mol. The number of methoxy groups -OCH3 is 1. The van der Waals surface area contributed by atoms with Crippen molar-refractivity contribution in [2.75, 3.05) is 33.8 Å². The Morgan fingerprint density at radius 3 is 2.69 bits per heavy atom. The zero-order valence-corrected chi connectivity index (χ0v) is 22.3. The van der Waals surface area contributed by atoms with Gasteiger partial charge in [0.25, 0.3) is 0 Å².